The Kier molecular flexibility index (Phi) is 5.78. The number of nitrogens with zero attached hydrogens (tertiary/aromatic N) is 2. The van der Waals surface area contributed by atoms with Gasteiger partial charge in [-0.2, -0.15) is 0 Å². The average Bonchev–Trinajstić information content (AvgIpc) is 2.48. The van der Waals surface area contributed by atoms with Crippen molar-refractivity contribution < 1.29 is 4.74 Å². The van der Waals surface area contributed by atoms with Gasteiger partial charge < -0.3 is 4.74 Å². The molecular weight excluding hydrogens is 340 g/mol. The molecule has 0 fully saturated rings. The van der Waals surface area contributed by atoms with Gasteiger partial charge in [0.05, 0.1) is 13.2 Å². The molecule has 20 heavy (non-hydrogen) atoms. The normalized spacial score (nSPS) is 12.2. The number of halogens is 1. The lowest BCUT2D eigenvalue weighted by atomic mass is 10.2. The zero-order chi connectivity index (χ0) is 14.4. The summed E-state index contributed by atoms with van der Waals surface area (Å²) in [5, 5.41) is 0. The molecule has 2 aromatic rings. The molecule has 0 aliphatic carbocycles. The predicted molar refractivity (Wildman–Crippen MR) is 83.5 cm³/mol. The molecule has 1 heterocycles. The lowest BCUT2D eigenvalue weighted by Gasteiger charge is -2.16. The van der Waals surface area contributed by atoms with E-state index < -0.39 is 0 Å². The minimum Gasteiger partial charge on any atom is -0.480 e. The van der Waals surface area contributed by atoms with Crippen LogP contribution in [-0.4, -0.2) is 22.8 Å². The van der Waals surface area contributed by atoms with Crippen LogP contribution in [0.5, 0.6) is 5.88 Å². The molecule has 0 radical (unpaired) electrons. The summed E-state index contributed by atoms with van der Waals surface area (Å²) < 4.78 is 6.27. The van der Waals surface area contributed by atoms with Crippen LogP contribution in [0.4, 0.5) is 0 Å². The minimum absolute atomic E-state index is 0.136. The van der Waals surface area contributed by atoms with Gasteiger partial charge >= 0.3 is 0 Å². The molecule has 0 bridgehead atoms. The van der Waals surface area contributed by atoms with Gasteiger partial charge in [0, 0.05) is 27.5 Å². The van der Waals surface area contributed by atoms with Gasteiger partial charge in [0.25, 0.3) is 0 Å². The number of aromatic nitrogens is 2. The third kappa shape index (κ3) is 3.92. The van der Waals surface area contributed by atoms with Crippen LogP contribution in [0.15, 0.2) is 46.0 Å². The molecule has 1 aromatic carbocycles. The lowest BCUT2D eigenvalue weighted by molar-refractivity contribution is 0.381. The van der Waals surface area contributed by atoms with Crippen LogP contribution < -0.4 is 16.0 Å². The zero-order valence-electron chi connectivity index (χ0n) is 10.9. The van der Waals surface area contributed by atoms with Crippen LogP contribution in [-0.2, 0) is 0 Å². The van der Waals surface area contributed by atoms with Gasteiger partial charge in [0.2, 0.25) is 5.88 Å². The monoisotopic (exact) mass is 354 g/mol. The molecule has 5 nitrogen and oxygen atoms in total. The van der Waals surface area contributed by atoms with E-state index in [1.165, 1.54) is 0 Å². The molecule has 0 spiro atoms. The first-order valence-corrected chi connectivity index (χ1v) is 7.72. The molecule has 0 aliphatic heterocycles. The Labute approximate surface area is 130 Å². The highest BCUT2D eigenvalue weighted by Crippen LogP contribution is 2.28. The van der Waals surface area contributed by atoms with Crippen molar-refractivity contribution in [2.24, 2.45) is 5.84 Å². The van der Waals surface area contributed by atoms with E-state index in [0.29, 0.717) is 11.6 Å². The highest BCUT2D eigenvalue weighted by molar-refractivity contribution is 9.10. The third-order valence-corrected chi connectivity index (χ3v) is 4.21. The zero-order valence-corrected chi connectivity index (χ0v) is 13.3. The quantitative estimate of drug-likeness (QED) is 0.471. The second-order valence-corrected chi connectivity index (χ2v) is 5.95. The first-order chi connectivity index (χ1) is 9.74. The molecular formula is C13H15BrN4OS. The molecule has 106 valence electrons. The van der Waals surface area contributed by atoms with Crippen LogP contribution in [0.2, 0.25) is 0 Å². The Bertz CT molecular complexity index is 570. The SMILES string of the molecule is COc1nccnc1C(CSc1cccc(Br)c1)NN. The van der Waals surface area contributed by atoms with E-state index in [4.69, 9.17) is 10.6 Å². The maximum absolute atomic E-state index is 5.63. The molecule has 0 saturated carbocycles. The van der Waals surface area contributed by atoms with Crippen LogP contribution in [0.25, 0.3) is 0 Å². The number of nitrogens with two attached hydrogens (primary N) is 1. The molecule has 0 saturated heterocycles. The Morgan fingerprint density at radius 2 is 2.20 bits per heavy atom. The van der Waals surface area contributed by atoms with Crippen molar-refractivity contribution in [3.05, 3.63) is 46.8 Å². The Hall–Kier alpha value is -1.15. The van der Waals surface area contributed by atoms with Gasteiger partial charge in [-0.15, -0.1) is 11.8 Å². The number of benzene rings is 1. The highest BCUT2D eigenvalue weighted by atomic mass is 79.9. The number of thioether (sulfide) groups is 1. The first-order valence-electron chi connectivity index (χ1n) is 5.94. The van der Waals surface area contributed by atoms with Gasteiger partial charge in [0.1, 0.15) is 5.69 Å². The molecule has 7 heteroatoms. The van der Waals surface area contributed by atoms with Crippen LogP contribution in [0.3, 0.4) is 0 Å². The van der Waals surface area contributed by atoms with Crippen molar-refractivity contribution in [1.82, 2.24) is 15.4 Å². The standard InChI is InChI=1S/C13H15BrN4OS/c1-19-13-12(16-5-6-17-13)11(18-15)8-20-10-4-2-3-9(14)7-10/h2-7,11,18H,8,15H2,1H3. The number of nitrogens with one attached hydrogen (secondary N) is 1. The van der Waals surface area contributed by atoms with Crippen molar-refractivity contribution in [2.75, 3.05) is 12.9 Å². The summed E-state index contributed by atoms with van der Waals surface area (Å²) in [6.07, 6.45) is 3.23. The van der Waals surface area contributed by atoms with Crippen molar-refractivity contribution >= 4 is 27.7 Å². The fraction of sp³-hybridized carbons (Fsp3) is 0.231. The molecule has 1 atom stereocenters. The van der Waals surface area contributed by atoms with E-state index in [1.807, 2.05) is 12.1 Å². The smallest absolute Gasteiger partial charge is 0.237 e. The second-order valence-electron chi connectivity index (χ2n) is 3.94. The van der Waals surface area contributed by atoms with Crippen LogP contribution in [0.1, 0.15) is 11.7 Å². The van der Waals surface area contributed by atoms with E-state index >= 15 is 0 Å². The van der Waals surface area contributed by atoms with E-state index in [9.17, 15) is 0 Å². The number of methoxy groups -OCH3 is 1. The topological polar surface area (TPSA) is 73.1 Å². The number of ether oxygens (including phenoxy) is 1. The van der Waals surface area contributed by atoms with Gasteiger partial charge in [-0.05, 0) is 18.2 Å². The maximum Gasteiger partial charge on any atom is 0.237 e. The van der Waals surface area contributed by atoms with Crippen LogP contribution in [0, 0.1) is 0 Å². The lowest BCUT2D eigenvalue weighted by Crippen LogP contribution is -2.30. The van der Waals surface area contributed by atoms with Gasteiger partial charge in [0.15, 0.2) is 0 Å². The Morgan fingerprint density at radius 1 is 1.40 bits per heavy atom. The van der Waals surface area contributed by atoms with Gasteiger partial charge in [-0.1, -0.05) is 22.0 Å². The summed E-state index contributed by atoms with van der Waals surface area (Å²) in [7, 11) is 1.57. The molecule has 2 rings (SSSR count). The number of hydrazine groups is 1. The molecule has 1 unspecified atom stereocenters. The molecule has 1 aromatic heterocycles. The van der Waals surface area contributed by atoms with Crippen molar-refractivity contribution in [3.8, 4) is 5.88 Å². The average molecular weight is 355 g/mol. The van der Waals surface area contributed by atoms with Crippen molar-refractivity contribution in [2.45, 2.75) is 10.9 Å². The third-order valence-electron chi connectivity index (χ3n) is 2.63. The number of hydrogen-bond acceptors (Lipinski definition) is 6. The van der Waals surface area contributed by atoms with Crippen molar-refractivity contribution in [1.29, 1.82) is 0 Å². The fourth-order valence-electron chi connectivity index (χ4n) is 1.67. The highest BCUT2D eigenvalue weighted by Gasteiger charge is 2.17. The maximum atomic E-state index is 5.63. The summed E-state index contributed by atoms with van der Waals surface area (Å²) in [6, 6.07) is 7.97. The summed E-state index contributed by atoms with van der Waals surface area (Å²) in [5.74, 6) is 6.84. The molecule has 3 N–H and O–H groups in total. The first kappa shape index (κ1) is 15.2. The summed E-state index contributed by atoms with van der Waals surface area (Å²) in [5.41, 5.74) is 3.47. The Morgan fingerprint density at radius 3 is 2.90 bits per heavy atom. The number of rotatable bonds is 6. The number of hydrogen-bond donors (Lipinski definition) is 2. The molecule has 0 amide bonds. The van der Waals surface area contributed by atoms with Crippen LogP contribution >= 0.6 is 27.7 Å². The summed E-state index contributed by atoms with van der Waals surface area (Å²) >= 11 is 5.14. The van der Waals surface area contributed by atoms with E-state index in [2.05, 4.69) is 43.5 Å². The van der Waals surface area contributed by atoms with Crippen molar-refractivity contribution in [3.63, 3.8) is 0 Å². The minimum atomic E-state index is -0.136. The Balaban J connectivity index is 2.09. The van der Waals surface area contributed by atoms with E-state index in [-0.39, 0.29) is 6.04 Å². The van der Waals surface area contributed by atoms with E-state index in [1.54, 1.807) is 31.3 Å². The fourth-order valence-corrected chi connectivity index (χ4v) is 3.22. The summed E-state index contributed by atoms with van der Waals surface area (Å²) in [4.78, 5) is 9.59. The van der Waals surface area contributed by atoms with Gasteiger partial charge in [-0.25, -0.2) is 4.98 Å². The van der Waals surface area contributed by atoms with E-state index in [0.717, 1.165) is 15.1 Å². The van der Waals surface area contributed by atoms with Gasteiger partial charge in [-0.3, -0.25) is 16.3 Å². The predicted octanol–water partition coefficient (Wildman–Crippen LogP) is 2.54. The summed E-state index contributed by atoms with van der Waals surface area (Å²) in [6.45, 7) is 0. The second kappa shape index (κ2) is 7.58. The molecule has 0 aliphatic rings. The largest absolute Gasteiger partial charge is 0.480 e.